The summed E-state index contributed by atoms with van der Waals surface area (Å²) in [6, 6.07) is 7.30. The standard InChI is InChI=1S/C19H23ClN2O2/c20-16-6-2-5-15(9-16)19(24)22-11-13-7-8-17(22)12-21(10-13)18(23)14-3-1-4-14/h2,5-6,9,13-14,17H,1,3-4,7-8,10-12H2/t13-,17+/m1/s1. The first-order chi connectivity index (χ1) is 11.6. The van der Waals surface area contributed by atoms with Crippen molar-refractivity contribution in [1.29, 1.82) is 0 Å². The summed E-state index contributed by atoms with van der Waals surface area (Å²) in [5, 5.41) is 0.586. The van der Waals surface area contributed by atoms with E-state index in [0.717, 1.165) is 38.8 Å². The van der Waals surface area contributed by atoms with E-state index < -0.39 is 0 Å². The van der Waals surface area contributed by atoms with Gasteiger partial charge in [-0.25, -0.2) is 0 Å². The molecule has 0 N–H and O–H groups in total. The molecule has 24 heavy (non-hydrogen) atoms. The lowest BCUT2D eigenvalue weighted by molar-refractivity contribution is -0.138. The zero-order valence-corrected chi connectivity index (χ0v) is 14.5. The van der Waals surface area contributed by atoms with Gasteiger partial charge in [-0.3, -0.25) is 9.59 Å². The van der Waals surface area contributed by atoms with E-state index in [1.54, 1.807) is 12.1 Å². The van der Waals surface area contributed by atoms with E-state index in [-0.39, 0.29) is 17.9 Å². The Labute approximate surface area is 147 Å². The van der Waals surface area contributed by atoms with E-state index in [1.807, 2.05) is 21.9 Å². The molecule has 2 atom stereocenters. The molecule has 2 bridgehead atoms. The largest absolute Gasteiger partial charge is 0.340 e. The second-order valence-corrected chi connectivity index (χ2v) is 7.87. The van der Waals surface area contributed by atoms with Crippen LogP contribution in [0.4, 0.5) is 0 Å². The van der Waals surface area contributed by atoms with E-state index in [0.29, 0.717) is 29.0 Å². The average molecular weight is 347 g/mol. The molecule has 1 saturated carbocycles. The summed E-state index contributed by atoms with van der Waals surface area (Å²) < 4.78 is 0. The smallest absolute Gasteiger partial charge is 0.254 e. The van der Waals surface area contributed by atoms with Crippen LogP contribution in [0, 0.1) is 11.8 Å². The summed E-state index contributed by atoms with van der Waals surface area (Å²) in [6.45, 7) is 2.26. The topological polar surface area (TPSA) is 40.6 Å². The molecule has 5 heteroatoms. The number of fused-ring (bicyclic) bond motifs is 4. The Morgan fingerprint density at radius 1 is 1.04 bits per heavy atom. The molecular weight excluding hydrogens is 324 g/mol. The van der Waals surface area contributed by atoms with E-state index in [4.69, 9.17) is 11.6 Å². The molecular formula is C19H23ClN2O2. The first-order valence-electron chi connectivity index (χ1n) is 8.97. The van der Waals surface area contributed by atoms with Crippen LogP contribution in [0.25, 0.3) is 0 Å². The summed E-state index contributed by atoms with van der Waals surface area (Å²) in [7, 11) is 0. The molecule has 0 spiro atoms. The van der Waals surface area contributed by atoms with Crippen molar-refractivity contribution < 1.29 is 9.59 Å². The van der Waals surface area contributed by atoms with Crippen LogP contribution in [-0.2, 0) is 4.79 Å². The summed E-state index contributed by atoms with van der Waals surface area (Å²) in [6.07, 6.45) is 5.35. The van der Waals surface area contributed by atoms with Crippen LogP contribution < -0.4 is 0 Å². The lowest BCUT2D eigenvalue weighted by atomic mass is 9.84. The Hall–Kier alpha value is -1.55. The summed E-state index contributed by atoms with van der Waals surface area (Å²) >= 11 is 6.04. The maximum atomic E-state index is 12.9. The normalized spacial score (nSPS) is 26.9. The van der Waals surface area contributed by atoms with Crippen molar-refractivity contribution in [2.45, 2.75) is 38.1 Å². The van der Waals surface area contributed by atoms with Crippen LogP contribution in [0.3, 0.4) is 0 Å². The average Bonchev–Trinajstić information content (AvgIpc) is 2.84. The van der Waals surface area contributed by atoms with Gasteiger partial charge in [0.15, 0.2) is 0 Å². The Morgan fingerprint density at radius 2 is 1.88 bits per heavy atom. The molecule has 5 rings (SSSR count). The van der Waals surface area contributed by atoms with Crippen LogP contribution in [0.5, 0.6) is 0 Å². The SMILES string of the molecule is O=C(C1CCC1)N1C[C@H]2CC[C@@H](C1)N(C(=O)c1cccc(Cl)c1)C2. The molecule has 0 aromatic heterocycles. The van der Waals surface area contributed by atoms with Gasteiger partial charge in [-0.05, 0) is 49.8 Å². The van der Waals surface area contributed by atoms with Gasteiger partial charge in [0.1, 0.15) is 0 Å². The van der Waals surface area contributed by atoms with Crippen molar-refractivity contribution in [2.24, 2.45) is 11.8 Å². The molecule has 3 aliphatic heterocycles. The van der Waals surface area contributed by atoms with Crippen molar-refractivity contribution in [2.75, 3.05) is 19.6 Å². The zero-order valence-electron chi connectivity index (χ0n) is 13.8. The maximum Gasteiger partial charge on any atom is 0.254 e. The molecule has 128 valence electrons. The van der Waals surface area contributed by atoms with E-state index in [1.165, 1.54) is 6.42 Å². The molecule has 4 fully saturated rings. The minimum Gasteiger partial charge on any atom is -0.340 e. The number of carbonyl (C=O) groups is 2. The summed E-state index contributed by atoms with van der Waals surface area (Å²) in [5.74, 6) is 0.996. The van der Waals surface area contributed by atoms with Crippen molar-refractivity contribution >= 4 is 23.4 Å². The molecule has 4 nitrogen and oxygen atoms in total. The number of hydrogen-bond donors (Lipinski definition) is 0. The predicted octanol–water partition coefficient (Wildman–Crippen LogP) is 3.20. The number of rotatable bonds is 2. The minimum absolute atomic E-state index is 0.0464. The van der Waals surface area contributed by atoms with Crippen LogP contribution >= 0.6 is 11.6 Å². The third-order valence-corrected chi connectivity index (χ3v) is 6.05. The number of amides is 2. The molecule has 3 saturated heterocycles. The lowest BCUT2D eigenvalue weighted by Crippen LogP contribution is -2.48. The Kier molecular flexibility index (Phi) is 4.25. The van der Waals surface area contributed by atoms with Crippen LogP contribution in [-0.4, -0.2) is 47.3 Å². The zero-order chi connectivity index (χ0) is 16.7. The third-order valence-electron chi connectivity index (χ3n) is 5.81. The molecule has 4 aliphatic rings. The first-order valence-corrected chi connectivity index (χ1v) is 9.35. The fourth-order valence-electron chi connectivity index (χ4n) is 4.21. The van der Waals surface area contributed by atoms with Gasteiger partial charge < -0.3 is 9.80 Å². The van der Waals surface area contributed by atoms with Crippen molar-refractivity contribution in [3.05, 3.63) is 34.9 Å². The summed E-state index contributed by atoms with van der Waals surface area (Å²) in [4.78, 5) is 29.6. The van der Waals surface area contributed by atoms with Gasteiger partial charge in [-0.1, -0.05) is 24.1 Å². The van der Waals surface area contributed by atoms with Gasteiger partial charge in [-0.2, -0.15) is 0 Å². The molecule has 1 aromatic carbocycles. The highest BCUT2D eigenvalue weighted by atomic mass is 35.5. The molecule has 3 heterocycles. The van der Waals surface area contributed by atoms with Crippen molar-refractivity contribution in [3.63, 3.8) is 0 Å². The number of halogens is 1. The van der Waals surface area contributed by atoms with Crippen LogP contribution in [0.15, 0.2) is 24.3 Å². The van der Waals surface area contributed by atoms with Crippen molar-refractivity contribution in [3.8, 4) is 0 Å². The third kappa shape index (κ3) is 2.92. The number of piperidine rings is 1. The van der Waals surface area contributed by atoms with E-state index in [2.05, 4.69) is 0 Å². The van der Waals surface area contributed by atoms with Gasteiger partial charge in [0.25, 0.3) is 5.91 Å². The van der Waals surface area contributed by atoms with Gasteiger partial charge in [0, 0.05) is 42.2 Å². The highest BCUT2D eigenvalue weighted by molar-refractivity contribution is 6.30. The first kappa shape index (κ1) is 15.9. The minimum atomic E-state index is 0.0464. The van der Waals surface area contributed by atoms with Gasteiger partial charge in [0.05, 0.1) is 0 Å². The molecule has 2 amide bonds. The maximum absolute atomic E-state index is 12.9. The monoisotopic (exact) mass is 346 g/mol. The number of carbonyl (C=O) groups excluding carboxylic acids is 2. The van der Waals surface area contributed by atoms with Gasteiger partial charge in [0.2, 0.25) is 5.91 Å². The lowest BCUT2D eigenvalue weighted by Gasteiger charge is -2.36. The van der Waals surface area contributed by atoms with Crippen LogP contribution in [0.1, 0.15) is 42.5 Å². The molecule has 1 aromatic rings. The van der Waals surface area contributed by atoms with Crippen LogP contribution in [0.2, 0.25) is 5.02 Å². The predicted molar refractivity (Wildman–Crippen MR) is 92.9 cm³/mol. The number of benzene rings is 1. The number of hydrogen-bond acceptors (Lipinski definition) is 2. The molecule has 0 radical (unpaired) electrons. The Bertz CT molecular complexity index is 659. The number of nitrogens with zero attached hydrogens (tertiary/aromatic N) is 2. The molecule has 0 unspecified atom stereocenters. The summed E-state index contributed by atoms with van der Waals surface area (Å²) in [5.41, 5.74) is 0.645. The van der Waals surface area contributed by atoms with Gasteiger partial charge in [-0.15, -0.1) is 0 Å². The molecule has 1 aliphatic carbocycles. The van der Waals surface area contributed by atoms with E-state index >= 15 is 0 Å². The van der Waals surface area contributed by atoms with Gasteiger partial charge >= 0.3 is 0 Å². The fraction of sp³-hybridized carbons (Fsp3) is 0.579. The second-order valence-electron chi connectivity index (χ2n) is 7.44. The Balaban J connectivity index is 1.52. The van der Waals surface area contributed by atoms with E-state index in [9.17, 15) is 9.59 Å². The fourth-order valence-corrected chi connectivity index (χ4v) is 4.40. The highest BCUT2D eigenvalue weighted by Crippen LogP contribution is 2.33. The second kappa shape index (κ2) is 6.40. The Morgan fingerprint density at radius 3 is 2.58 bits per heavy atom. The van der Waals surface area contributed by atoms with Crippen molar-refractivity contribution in [1.82, 2.24) is 9.80 Å². The quantitative estimate of drug-likeness (QED) is 0.825. The highest BCUT2D eigenvalue weighted by Gasteiger charge is 2.40.